The van der Waals surface area contributed by atoms with E-state index in [0.717, 1.165) is 4.90 Å². The monoisotopic (exact) mass is 463 g/mol. The molecule has 0 radical (unpaired) electrons. The molecule has 2 aromatic carbocycles. The molecule has 1 N–H and O–H groups in total. The van der Waals surface area contributed by atoms with Crippen LogP contribution < -0.4 is 15.6 Å². The molecule has 0 spiro atoms. The zero-order valence-corrected chi connectivity index (χ0v) is 19.5. The molecular weight excluding hydrogens is 438 g/mol. The summed E-state index contributed by atoms with van der Waals surface area (Å²) in [6.45, 7) is 4.85. The second kappa shape index (κ2) is 9.91. The van der Waals surface area contributed by atoms with Crippen molar-refractivity contribution in [3.8, 4) is 5.75 Å². The van der Waals surface area contributed by atoms with E-state index in [1.54, 1.807) is 42.4 Å². The number of benzene rings is 2. The molecule has 0 aliphatic heterocycles. The number of anilines is 1. The molecule has 0 bridgehead atoms. The predicted molar refractivity (Wildman–Crippen MR) is 129 cm³/mol. The first kappa shape index (κ1) is 22.6. The summed E-state index contributed by atoms with van der Waals surface area (Å²) in [6.07, 6.45) is 1.64. The van der Waals surface area contributed by atoms with Gasteiger partial charge in [-0.2, -0.15) is 9.50 Å². The summed E-state index contributed by atoms with van der Waals surface area (Å²) in [5, 5.41) is 2.96. The van der Waals surface area contributed by atoms with Crippen LogP contribution in [0.1, 0.15) is 29.9 Å². The Kier molecular flexibility index (Phi) is 6.79. The Labute approximate surface area is 195 Å². The number of nitrogens with one attached hydrogen (secondary N) is 1. The summed E-state index contributed by atoms with van der Waals surface area (Å²) in [5.41, 5.74) is 1.67. The van der Waals surface area contributed by atoms with E-state index in [-0.39, 0.29) is 11.5 Å². The first-order chi connectivity index (χ1) is 15.9. The van der Waals surface area contributed by atoms with E-state index in [9.17, 15) is 9.59 Å². The maximum Gasteiger partial charge on any atom is 0.274 e. The second-order valence-electron chi connectivity index (χ2n) is 7.93. The van der Waals surface area contributed by atoms with Gasteiger partial charge >= 0.3 is 0 Å². The number of methoxy groups -OCH3 is 1. The lowest BCUT2D eigenvalue weighted by Crippen LogP contribution is -2.22. The highest BCUT2D eigenvalue weighted by Gasteiger charge is 2.13. The number of fused-ring (bicyclic) bond motifs is 1. The first-order valence-corrected chi connectivity index (χ1v) is 11.5. The third-order valence-electron chi connectivity index (χ3n) is 4.89. The molecule has 0 atom stereocenters. The van der Waals surface area contributed by atoms with Gasteiger partial charge in [0.25, 0.3) is 17.2 Å². The third kappa shape index (κ3) is 5.25. The summed E-state index contributed by atoms with van der Waals surface area (Å²) in [4.78, 5) is 35.1. The number of amides is 1. The Balaban J connectivity index is 1.51. The number of para-hydroxylation sites is 1. The number of ether oxygens (including phenoxy) is 1. The lowest BCUT2D eigenvalue weighted by molar-refractivity contribution is 0.102. The summed E-state index contributed by atoms with van der Waals surface area (Å²) in [5.74, 6) is 1.63. The van der Waals surface area contributed by atoms with Crippen LogP contribution in [-0.4, -0.2) is 32.2 Å². The van der Waals surface area contributed by atoms with Crippen molar-refractivity contribution in [2.24, 2.45) is 5.92 Å². The molecule has 2 heterocycles. The van der Waals surface area contributed by atoms with Crippen LogP contribution in [0.25, 0.3) is 5.78 Å². The largest absolute Gasteiger partial charge is 0.497 e. The highest BCUT2D eigenvalue weighted by molar-refractivity contribution is 7.98. The van der Waals surface area contributed by atoms with Crippen molar-refractivity contribution in [3.63, 3.8) is 0 Å². The normalized spacial score (nSPS) is 11.2. The van der Waals surface area contributed by atoms with Crippen LogP contribution in [0.2, 0.25) is 0 Å². The summed E-state index contributed by atoms with van der Waals surface area (Å²) in [6, 6.07) is 16.1. The van der Waals surface area contributed by atoms with Gasteiger partial charge in [-0.3, -0.25) is 14.3 Å². The SMILES string of the molecule is COc1cccc(C(=O)Nc2ccccc2SCc2cc(=O)n3c(ncn3CC(C)C)n2)c1. The van der Waals surface area contributed by atoms with Crippen LogP contribution in [0.3, 0.4) is 0 Å². The Bertz CT molecular complexity index is 1350. The third-order valence-corrected chi connectivity index (χ3v) is 6.00. The fourth-order valence-corrected chi connectivity index (χ4v) is 4.29. The van der Waals surface area contributed by atoms with E-state index in [2.05, 4.69) is 29.1 Å². The van der Waals surface area contributed by atoms with Gasteiger partial charge in [-0.15, -0.1) is 11.8 Å². The van der Waals surface area contributed by atoms with Crippen molar-refractivity contribution >= 4 is 29.1 Å². The molecule has 9 heteroatoms. The van der Waals surface area contributed by atoms with E-state index in [0.29, 0.717) is 46.7 Å². The van der Waals surface area contributed by atoms with Crippen molar-refractivity contribution in [2.75, 3.05) is 12.4 Å². The number of carbonyl (C=O) groups is 1. The van der Waals surface area contributed by atoms with Gasteiger partial charge in [-0.25, -0.2) is 4.98 Å². The number of carbonyl (C=O) groups excluding carboxylic acids is 1. The van der Waals surface area contributed by atoms with Crippen LogP contribution in [0.15, 0.2) is 70.6 Å². The van der Waals surface area contributed by atoms with Crippen molar-refractivity contribution < 1.29 is 9.53 Å². The smallest absolute Gasteiger partial charge is 0.274 e. The number of hydrogen-bond donors (Lipinski definition) is 1. The lowest BCUT2D eigenvalue weighted by Gasteiger charge is -2.11. The maximum atomic E-state index is 12.7. The summed E-state index contributed by atoms with van der Waals surface area (Å²) < 4.78 is 8.49. The molecule has 8 nitrogen and oxygen atoms in total. The van der Waals surface area contributed by atoms with Gasteiger partial charge < -0.3 is 10.1 Å². The highest BCUT2D eigenvalue weighted by Crippen LogP contribution is 2.30. The molecule has 170 valence electrons. The fraction of sp³-hybridized carbons (Fsp3) is 0.250. The molecule has 2 aromatic heterocycles. The van der Waals surface area contributed by atoms with Gasteiger partial charge in [0.15, 0.2) is 0 Å². The first-order valence-electron chi connectivity index (χ1n) is 10.6. The van der Waals surface area contributed by atoms with Crippen molar-refractivity contribution in [2.45, 2.75) is 31.0 Å². The molecule has 33 heavy (non-hydrogen) atoms. The van der Waals surface area contributed by atoms with Crippen LogP contribution in [-0.2, 0) is 12.3 Å². The zero-order valence-electron chi connectivity index (χ0n) is 18.7. The highest BCUT2D eigenvalue weighted by atomic mass is 32.2. The zero-order chi connectivity index (χ0) is 23.4. The molecule has 0 saturated heterocycles. The van der Waals surface area contributed by atoms with E-state index in [1.807, 2.05) is 24.3 Å². The van der Waals surface area contributed by atoms with Gasteiger partial charge in [-0.05, 0) is 36.2 Å². The minimum absolute atomic E-state index is 0.159. The average molecular weight is 464 g/mol. The van der Waals surface area contributed by atoms with Gasteiger partial charge in [0.1, 0.15) is 12.1 Å². The Morgan fingerprint density at radius 1 is 1.15 bits per heavy atom. The molecule has 4 rings (SSSR count). The van der Waals surface area contributed by atoms with Gasteiger partial charge in [0.05, 0.1) is 18.5 Å². The minimum atomic E-state index is -0.226. The fourth-order valence-electron chi connectivity index (χ4n) is 3.39. The molecule has 0 fully saturated rings. The standard InChI is InChI=1S/C24H25N5O3S/c1-16(2)13-28-15-25-24-26-18(12-22(30)29(24)28)14-33-21-10-5-4-9-20(21)27-23(31)17-7-6-8-19(11-17)32-3/h4-12,15-16H,13-14H2,1-3H3,(H,27,31). The topological polar surface area (TPSA) is 90.5 Å². The van der Waals surface area contributed by atoms with Crippen molar-refractivity contribution in [1.29, 1.82) is 0 Å². The molecule has 0 aliphatic rings. The molecular formula is C24H25N5O3S. The number of thioether (sulfide) groups is 1. The Morgan fingerprint density at radius 2 is 1.97 bits per heavy atom. The lowest BCUT2D eigenvalue weighted by atomic mass is 10.2. The van der Waals surface area contributed by atoms with Crippen molar-refractivity contribution in [1.82, 2.24) is 19.2 Å². The van der Waals surface area contributed by atoms with Crippen LogP contribution in [0, 0.1) is 5.92 Å². The van der Waals surface area contributed by atoms with Gasteiger partial charge in [0.2, 0.25) is 0 Å². The average Bonchev–Trinajstić information content (AvgIpc) is 3.21. The number of nitrogens with zero attached hydrogens (tertiary/aromatic N) is 4. The van der Waals surface area contributed by atoms with E-state index < -0.39 is 0 Å². The van der Waals surface area contributed by atoms with Crippen LogP contribution in [0.4, 0.5) is 5.69 Å². The summed E-state index contributed by atoms with van der Waals surface area (Å²) >= 11 is 1.50. The van der Waals surface area contributed by atoms with Crippen LogP contribution in [0.5, 0.6) is 5.75 Å². The molecule has 1 amide bonds. The maximum absolute atomic E-state index is 12.7. The molecule has 0 saturated carbocycles. The molecule has 0 aliphatic carbocycles. The molecule has 0 unspecified atom stereocenters. The van der Waals surface area contributed by atoms with Gasteiger partial charge in [-0.1, -0.05) is 32.0 Å². The molecule has 4 aromatic rings. The quantitative estimate of drug-likeness (QED) is 0.396. The number of rotatable bonds is 8. The Hall–Kier alpha value is -3.59. The minimum Gasteiger partial charge on any atom is -0.497 e. The van der Waals surface area contributed by atoms with Crippen LogP contribution >= 0.6 is 11.8 Å². The second-order valence-corrected chi connectivity index (χ2v) is 8.95. The Morgan fingerprint density at radius 3 is 2.76 bits per heavy atom. The van der Waals surface area contributed by atoms with E-state index in [1.165, 1.54) is 22.3 Å². The number of hydrogen-bond acceptors (Lipinski definition) is 6. The number of aromatic nitrogens is 4. The van der Waals surface area contributed by atoms with E-state index in [4.69, 9.17) is 4.74 Å². The van der Waals surface area contributed by atoms with E-state index >= 15 is 0 Å². The van der Waals surface area contributed by atoms with Crippen molar-refractivity contribution in [3.05, 3.63) is 82.5 Å². The summed E-state index contributed by atoms with van der Waals surface area (Å²) in [7, 11) is 1.56. The van der Waals surface area contributed by atoms with Gasteiger partial charge in [0, 0.05) is 28.8 Å². The predicted octanol–water partition coefficient (Wildman–Crippen LogP) is 4.10.